The maximum atomic E-state index is 17.6. The number of phenolic OH excluding ortho intramolecular Hbond substituents is 1. The molecule has 0 aromatic heterocycles. The topological polar surface area (TPSA) is 139 Å². The number of Topliss-reactive ketones (excluding diaryl/α,β-unsaturated/α-hetero) is 1. The zero-order valence-electron chi connectivity index (χ0n) is 25.1. The SMILES string of the molecule is CC12C=CC(=O)C=C1C(F)CC1C3CC4OC(c5ccc(Cc6ccc(N)cc6)c(O)c5)OC4(C(=O)CO)C3(C)CC(O)C12F. The molecule has 0 spiro atoms. The highest BCUT2D eigenvalue weighted by Gasteiger charge is 2.80. The highest BCUT2D eigenvalue weighted by molar-refractivity contribution is 6.01. The second kappa shape index (κ2) is 10.0. The third-order valence-electron chi connectivity index (χ3n) is 11.7. The number of halogens is 2. The lowest BCUT2D eigenvalue weighted by atomic mass is 9.44. The maximum Gasteiger partial charge on any atom is 0.193 e. The van der Waals surface area contributed by atoms with E-state index in [-0.39, 0.29) is 30.6 Å². The Labute approximate surface area is 259 Å². The first-order chi connectivity index (χ1) is 21.3. The molecular formula is C35H37F2NO7. The molecule has 10 heteroatoms. The minimum Gasteiger partial charge on any atom is -0.508 e. The Hall–Kier alpha value is -3.44. The van der Waals surface area contributed by atoms with E-state index in [1.807, 2.05) is 12.1 Å². The van der Waals surface area contributed by atoms with Crippen molar-refractivity contribution >= 4 is 17.3 Å². The quantitative estimate of drug-likeness (QED) is 0.365. The fourth-order valence-electron chi connectivity index (χ4n) is 9.45. The number of carbonyl (C=O) groups is 2. The monoisotopic (exact) mass is 621 g/mol. The van der Waals surface area contributed by atoms with Crippen molar-refractivity contribution < 1.29 is 43.2 Å². The van der Waals surface area contributed by atoms with Crippen LogP contribution in [0.3, 0.4) is 0 Å². The second-order valence-electron chi connectivity index (χ2n) is 13.8. The normalized spacial score (nSPS) is 41.6. The molecule has 5 aliphatic rings. The molecule has 3 saturated carbocycles. The van der Waals surface area contributed by atoms with Crippen LogP contribution in [0, 0.1) is 22.7 Å². The van der Waals surface area contributed by atoms with Gasteiger partial charge in [-0.2, -0.15) is 0 Å². The third kappa shape index (κ3) is 3.95. The van der Waals surface area contributed by atoms with Crippen LogP contribution in [0.25, 0.3) is 0 Å². The smallest absolute Gasteiger partial charge is 0.193 e. The Balaban J connectivity index is 1.22. The number of aliphatic hydroxyl groups excluding tert-OH is 2. The number of ether oxygens (including phenoxy) is 2. The Morgan fingerprint density at radius 1 is 1.11 bits per heavy atom. The van der Waals surface area contributed by atoms with Crippen molar-refractivity contribution in [3.63, 3.8) is 0 Å². The molecular weight excluding hydrogens is 584 g/mol. The van der Waals surface area contributed by atoms with E-state index in [0.29, 0.717) is 23.2 Å². The molecule has 0 amide bonds. The van der Waals surface area contributed by atoms with Crippen LogP contribution >= 0.6 is 0 Å². The lowest BCUT2D eigenvalue weighted by molar-refractivity contribution is -0.235. The van der Waals surface area contributed by atoms with Gasteiger partial charge in [-0.3, -0.25) is 9.59 Å². The van der Waals surface area contributed by atoms with Gasteiger partial charge in [-0.05, 0) is 79.2 Å². The Bertz CT molecular complexity index is 1640. The predicted octanol–water partition coefficient (Wildman–Crippen LogP) is 4.21. The van der Waals surface area contributed by atoms with Crippen molar-refractivity contribution in [3.05, 3.63) is 83.0 Å². The van der Waals surface area contributed by atoms with Gasteiger partial charge in [0.15, 0.2) is 29.1 Å². The minimum atomic E-state index is -2.32. The van der Waals surface area contributed by atoms with Gasteiger partial charge in [0.1, 0.15) is 18.5 Å². The molecule has 45 heavy (non-hydrogen) atoms. The molecule has 4 fully saturated rings. The van der Waals surface area contributed by atoms with Crippen molar-refractivity contribution in [3.8, 4) is 5.75 Å². The van der Waals surface area contributed by atoms with E-state index >= 15 is 8.78 Å². The van der Waals surface area contributed by atoms with Crippen molar-refractivity contribution in [1.82, 2.24) is 0 Å². The van der Waals surface area contributed by atoms with Crippen LogP contribution < -0.4 is 5.73 Å². The number of allylic oxidation sites excluding steroid dienone is 4. The summed E-state index contributed by atoms with van der Waals surface area (Å²) in [5.41, 5.74) is 1.62. The first-order valence-electron chi connectivity index (χ1n) is 15.4. The number of benzene rings is 2. The average molecular weight is 622 g/mol. The largest absolute Gasteiger partial charge is 0.508 e. The van der Waals surface area contributed by atoms with Crippen LogP contribution in [0.15, 0.2) is 66.3 Å². The number of rotatable bonds is 5. The average Bonchev–Trinajstić information content (AvgIpc) is 3.51. The third-order valence-corrected chi connectivity index (χ3v) is 11.7. The number of nitrogens with two attached hydrogens (primary N) is 1. The molecule has 0 bridgehead atoms. The number of phenols is 1. The molecule has 2 aromatic carbocycles. The van der Waals surface area contributed by atoms with Crippen LogP contribution in [0.2, 0.25) is 0 Å². The molecule has 238 valence electrons. The number of aliphatic hydroxyl groups is 2. The maximum absolute atomic E-state index is 17.6. The number of hydrogen-bond acceptors (Lipinski definition) is 8. The molecule has 7 rings (SSSR count). The summed E-state index contributed by atoms with van der Waals surface area (Å²) in [5.74, 6) is -2.77. The highest BCUT2D eigenvalue weighted by atomic mass is 19.1. The van der Waals surface area contributed by atoms with Gasteiger partial charge in [-0.25, -0.2) is 8.78 Å². The Morgan fingerprint density at radius 2 is 1.84 bits per heavy atom. The van der Waals surface area contributed by atoms with Crippen LogP contribution in [-0.4, -0.2) is 63.1 Å². The summed E-state index contributed by atoms with van der Waals surface area (Å²) in [7, 11) is 0. The minimum absolute atomic E-state index is 0.00261. The summed E-state index contributed by atoms with van der Waals surface area (Å²) < 4.78 is 46.2. The lowest BCUT2D eigenvalue weighted by Gasteiger charge is -2.63. The van der Waals surface area contributed by atoms with Crippen molar-refractivity contribution in [2.75, 3.05) is 12.3 Å². The van der Waals surface area contributed by atoms with E-state index in [0.717, 1.165) is 11.6 Å². The van der Waals surface area contributed by atoms with E-state index in [4.69, 9.17) is 15.2 Å². The van der Waals surface area contributed by atoms with Gasteiger partial charge in [0.05, 0.1) is 12.2 Å². The fourth-order valence-corrected chi connectivity index (χ4v) is 9.45. The summed E-state index contributed by atoms with van der Waals surface area (Å²) >= 11 is 0. The zero-order chi connectivity index (χ0) is 32.1. The van der Waals surface area contributed by atoms with Gasteiger partial charge in [-0.1, -0.05) is 37.3 Å². The van der Waals surface area contributed by atoms with Gasteiger partial charge in [0, 0.05) is 34.4 Å². The van der Waals surface area contributed by atoms with Crippen molar-refractivity contribution in [2.24, 2.45) is 22.7 Å². The first-order valence-corrected chi connectivity index (χ1v) is 15.4. The molecule has 1 saturated heterocycles. The number of ketones is 2. The molecule has 1 heterocycles. The van der Waals surface area contributed by atoms with Gasteiger partial charge >= 0.3 is 0 Å². The number of carbonyl (C=O) groups excluding carboxylic acids is 2. The number of nitrogen functional groups attached to an aromatic ring is 1. The Morgan fingerprint density at radius 3 is 2.53 bits per heavy atom. The molecule has 0 radical (unpaired) electrons. The molecule has 2 aromatic rings. The molecule has 4 aliphatic carbocycles. The number of alkyl halides is 2. The summed E-state index contributed by atoms with van der Waals surface area (Å²) in [5, 5.41) is 32.7. The lowest BCUT2D eigenvalue weighted by Crippen LogP contribution is -2.70. The first kappa shape index (κ1) is 30.2. The van der Waals surface area contributed by atoms with Crippen LogP contribution in [0.1, 0.15) is 56.1 Å². The number of hydrogen-bond donors (Lipinski definition) is 4. The van der Waals surface area contributed by atoms with Gasteiger partial charge < -0.3 is 30.5 Å². The van der Waals surface area contributed by atoms with Gasteiger partial charge in [0.2, 0.25) is 0 Å². The highest BCUT2D eigenvalue weighted by Crippen LogP contribution is 2.72. The van der Waals surface area contributed by atoms with Crippen molar-refractivity contribution in [1.29, 1.82) is 0 Å². The van der Waals surface area contributed by atoms with Crippen LogP contribution in [0.4, 0.5) is 14.5 Å². The van der Waals surface area contributed by atoms with E-state index in [1.54, 1.807) is 31.2 Å². The number of fused-ring (bicyclic) bond motifs is 7. The summed E-state index contributed by atoms with van der Waals surface area (Å²) in [6.07, 6.45) is -1.46. The number of anilines is 1. The molecule has 10 atom stereocenters. The van der Waals surface area contributed by atoms with Gasteiger partial charge in [0.25, 0.3) is 0 Å². The van der Waals surface area contributed by atoms with E-state index < -0.39 is 76.8 Å². The van der Waals surface area contributed by atoms with Crippen LogP contribution in [0.5, 0.6) is 5.75 Å². The zero-order valence-corrected chi connectivity index (χ0v) is 25.1. The van der Waals surface area contributed by atoms with E-state index in [9.17, 15) is 24.9 Å². The second-order valence-corrected chi connectivity index (χ2v) is 13.8. The molecule has 1 aliphatic heterocycles. The van der Waals surface area contributed by atoms with Crippen LogP contribution in [-0.2, 0) is 25.5 Å². The number of aromatic hydroxyl groups is 1. The molecule has 8 nitrogen and oxygen atoms in total. The molecule has 10 unspecified atom stereocenters. The molecule has 5 N–H and O–H groups in total. The summed E-state index contributed by atoms with van der Waals surface area (Å²) in [4.78, 5) is 25.8. The standard InChI is InChI=1S/C35H37F2NO7/c1-32-10-9-22(40)13-25(32)26(36)14-24-23-15-30-35(29(43)17-39,33(23,2)16-28(42)34(24,32)37)45-31(44-30)20-6-5-19(27(41)12-20)11-18-3-7-21(38)8-4-18/h3-10,12-13,23-24,26,28,30-31,39,41-42H,11,14-17,38H2,1-2H3. The van der Waals surface area contributed by atoms with E-state index in [2.05, 4.69) is 0 Å². The van der Waals surface area contributed by atoms with Gasteiger partial charge in [-0.15, -0.1) is 0 Å². The summed E-state index contributed by atoms with van der Waals surface area (Å²) in [6, 6.07) is 12.3. The fraction of sp³-hybridized carbons (Fsp3) is 0.486. The Kier molecular flexibility index (Phi) is 6.74. The predicted molar refractivity (Wildman–Crippen MR) is 159 cm³/mol. The summed E-state index contributed by atoms with van der Waals surface area (Å²) in [6.45, 7) is 2.38. The van der Waals surface area contributed by atoms with Crippen molar-refractivity contribution in [2.45, 2.75) is 75.5 Å². The van der Waals surface area contributed by atoms with E-state index in [1.165, 1.54) is 25.1 Å².